The van der Waals surface area contributed by atoms with E-state index >= 15 is 0 Å². The predicted octanol–water partition coefficient (Wildman–Crippen LogP) is 3.01. The van der Waals surface area contributed by atoms with E-state index in [1.54, 1.807) is 0 Å². The number of unbranched alkanes of at least 4 members (excludes halogenated alkanes) is 1. The zero-order chi connectivity index (χ0) is 12.3. The molecule has 3 unspecified atom stereocenters. The van der Waals surface area contributed by atoms with E-state index in [1.165, 1.54) is 58.0 Å². The fourth-order valence-corrected chi connectivity index (χ4v) is 3.26. The summed E-state index contributed by atoms with van der Waals surface area (Å²) in [6, 6.07) is 1.38. The molecule has 2 aliphatic rings. The second kappa shape index (κ2) is 6.19. The third kappa shape index (κ3) is 3.96. The van der Waals surface area contributed by atoms with E-state index in [1.807, 2.05) is 0 Å². The van der Waals surface area contributed by atoms with Crippen molar-refractivity contribution >= 4 is 0 Å². The van der Waals surface area contributed by atoms with E-state index in [0.717, 1.165) is 17.9 Å². The van der Waals surface area contributed by atoms with Crippen molar-refractivity contribution in [2.75, 3.05) is 13.1 Å². The van der Waals surface area contributed by atoms with Crippen molar-refractivity contribution in [1.29, 1.82) is 0 Å². The molecule has 2 N–H and O–H groups in total. The molecule has 0 spiro atoms. The lowest BCUT2D eigenvalue weighted by Crippen LogP contribution is -2.43. The summed E-state index contributed by atoms with van der Waals surface area (Å²) in [6.45, 7) is 7.26. The van der Waals surface area contributed by atoms with Crippen LogP contribution in [0, 0.1) is 11.8 Å². The van der Waals surface area contributed by atoms with Crippen LogP contribution < -0.4 is 5.73 Å². The highest BCUT2D eigenvalue weighted by Crippen LogP contribution is 2.33. The largest absolute Gasteiger partial charge is 0.327 e. The van der Waals surface area contributed by atoms with Crippen LogP contribution >= 0.6 is 0 Å². The van der Waals surface area contributed by atoms with Gasteiger partial charge in [-0.1, -0.05) is 20.3 Å². The summed E-state index contributed by atoms with van der Waals surface area (Å²) >= 11 is 0. The zero-order valence-corrected chi connectivity index (χ0v) is 11.7. The summed E-state index contributed by atoms with van der Waals surface area (Å²) < 4.78 is 0. The Hall–Kier alpha value is -0.0800. The topological polar surface area (TPSA) is 29.3 Å². The van der Waals surface area contributed by atoms with Crippen LogP contribution in [0.15, 0.2) is 0 Å². The molecule has 0 aromatic carbocycles. The first-order valence-corrected chi connectivity index (χ1v) is 7.70. The van der Waals surface area contributed by atoms with E-state index in [4.69, 9.17) is 5.73 Å². The monoisotopic (exact) mass is 238 g/mol. The molecule has 100 valence electrons. The predicted molar refractivity (Wildman–Crippen MR) is 74.0 cm³/mol. The third-order valence-corrected chi connectivity index (χ3v) is 4.63. The number of nitrogens with zero attached hydrogens (tertiary/aromatic N) is 1. The van der Waals surface area contributed by atoms with Crippen molar-refractivity contribution in [1.82, 2.24) is 4.90 Å². The van der Waals surface area contributed by atoms with Crippen molar-refractivity contribution in [2.24, 2.45) is 17.6 Å². The van der Waals surface area contributed by atoms with Gasteiger partial charge in [-0.25, -0.2) is 0 Å². The SMILES string of the molecule is CCCCN(CC1CC(C)CCC1N)C1CC1. The van der Waals surface area contributed by atoms with Gasteiger partial charge in [0.2, 0.25) is 0 Å². The molecule has 2 fully saturated rings. The van der Waals surface area contributed by atoms with Crippen molar-refractivity contribution < 1.29 is 0 Å². The van der Waals surface area contributed by atoms with Gasteiger partial charge in [0.05, 0.1) is 0 Å². The molecule has 17 heavy (non-hydrogen) atoms. The zero-order valence-electron chi connectivity index (χ0n) is 11.7. The average Bonchev–Trinajstić information content (AvgIpc) is 3.13. The normalized spacial score (nSPS) is 34.2. The van der Waals surface area contributed by atoms with Crippen molar-refractivity contribution in [3.05, 3.63) is 0 Å². The molecule has 0 bridgehead atoms. The molecule has 0 amide bonds. The lowest BCUT2D eigenvalue weighted by atomic mass is 9.79. The Kier molecular flexibility index (Phi) is 4.87. The minimum Gasteiger partial charge on any atom is -0.327 e. The first-order chi connectivity index (χ1) is 8.20. The standard InChI is InChI=1S/C15H30N2/c1-3-4-9-17(14-6-7-14)11-13-10-12(2)5-8-15(13)16/h12-15H,3-11,16H2,1-2H3. The summed E-state index contributed by atoms with van der Waals surface area (Å²) in [5.74, 6) is 1.66. The smallest absolute Gasteiger partial charge is 0.00965 e. The maximum absolute atomic E-state index is 6.31. The van der Waals surface area contributed by atoms with E-state index in [-0.39, 0.29) is 0 Å². The van der Waals surface area contributed by atoms with Gasteiger partial charge < -0.3 is 10.6 Å². The fraction of sp³-hybridized carbons (Fsp3) is 1.00. The molecule has 3 atom stereocenters. The minimum absolute atomic E-state index is 0.467. The summed E-state index contributed by atoms with van der Waals surface area (Å²) in [6.07, 6.45) is 9.48. The van der Waals surface area contributed by atoms with Crippen LogP contribution in [0.3, 0.4) is 0 Å². The summed E-state index contributed by atoms with van der Waals surface area (Å²) in [5, 5.41) is 0. The maximum Gasteiger partial charge on any atom is 0.00965 e. The van der Waals surface area contributed by atoms with Crippen LogP contribution in [0.1, 0.15) is 58.8 Å². The Morgan fingerprint density at radius 2 is 1.94 bits per heavy atom. The van der Waals surface area contributed by atoms with Crippen molar-refractivity contribution in [2.45, 2.75) is 70.9 Å². The average molecular weight is 238 g/mol. The fourth-order valence-electron chi connectivity index (χ4n) is 3.26. The molecule has 0 radical (unpaired) electrons. The van der Waals surface area contributed by atoms with Crippen LogP contribution in [-0.2, 0) is 0 Å². The second-order valence-electron chi connectivity index (χ2n) is 6.42. The highest BCUT2D eigenvalue weighted by Gasteiger charge is 2.33. The van der Waals surface area contributed by atoms with E-state index in [0.29, 0.717) is 6.04 Å². The van der Waals surface area contributed by atoms with Gasteiger partial charge >= 0.3 is 0 Å². The quantitative estimate of drug-likeness (QED) is 0.771. The molecular formula is C15H30N2. The first kappa shape index (κ1) is 13.4. The van der Waals surface area contributed by atoms with Gasteiger partial charge in [0.15, 0.2) is 0 Å². The summed E-state index contributed by atoms with van der Waals surface area (Å²) in [4.78, 5) is 2.74. The van der Waals surface area contributed by atoms with Gasteiger partial charge in [-0.15, -0.1) is 0 Å². The van der Waals surface area contributed by atoms with Gasteiger partial charge in [0.25, 0.3) is 0 Å². The Balaban J connectivity index is 1.82. The number of hydrogen-bond donors (Lipinski definition) is 1. The maximum atomic E-state index is 6.31. The Labute approximate surface area is 107 Å². The Bertz CT molecular complexity index is 225. The molecule has 0 heterocycles. The summed E-state index contributed by atoms with van der Waals surface area (Å²) in [5.41, 5.74) is 6.31. The molecule has 2 saturated carbocycles. The van der Waals surface area contributed by atoms with E-state index in [9.17, 15) is 0 Å². The molecular weight excluding hydrogens is 208 g/mol. The van der Waals surface area contributed by atoms with Gasteiger partial charge in [-0.05, 0) is 56.9 Å². The highest BCUT2D eigenvalue weighted by molar-refractivity contribution is 4.89. The molecule has 2 aliphatic carbocycles. The van der Waals surface area contributed by atoms with Gasteiger partial charge in [-0.2, -0.15) is 0 Å². The molecule has 2 rings (SSSR count). The molecule has 0 aromatic rings. The van der Waals surface area contributed by atoms with Crippen LogP contribution in [0.2, 0.25) is 0 Å². The summed E-state index contributed by atoms with van der Waals surface area (Å²) in [7, 11) is 0. The third-order valence-electron chi connectivity index (χ3n) is 4.63. The number of rotatable bonds is 6. The van der Waals surface area contributed by atoms with Crippen molar-refractivity contribution in [3.8, 4) is 0 Å². The number of hydrogen-bond acceptors (Lipinski definition) is 2. The number of nitrogens with two attached hydrogens (primary N) is 1. The molecule has 0 aromatic heterocycles. The minimum atomic E-state index is 0.467. The van der Waals surface area contributed by atoms with Crippen molar-refractivity contribution in [3.63, 3.8) is 0 Å². The van der Waals surface area contributed by atoms with Gasteiger partial charge in [0, 0.05) is 18.6 Å². The first-order valence-electron chi connectivity index (χ1n) is 7.70. The molecule has 0 saturated heterocycles. The van der Waals surface area contributed by atoms with E-state index < -0.39 is 0 Å². The van der Waals surface area contributed by atoms with Gasteiger partial charge in [0.1, 0.15) is 0 Å². The lowest BCUT2D eigenvalue weighted by molar-refractivity contribution is 0.154. The molecule has 2 heteroatoms. The van der Waals surface area contributed by atoms with Gasteiger partial charge in [-0.3, -0.25) is 0 Å². The highest BCUT2D eigenvalue weighted by atomic mass is 15.2. The Morgan fingerprint density at radius 1 is 1.18 bits per heavy atom. The van der Waals surface area contributed by atoms with Crippen LogP contribution in [0.5, 0.6) is 0 Å². The molecule has 0 aliphatic heterocycles. The molecule has 2 nitrogen and oxygen atoms in total. The van der Waals surface area contributed by atoms with Crippen LogP contribution in [0.4, 0.5) is 0 Å². The second-order valence-corrected chi connectivity index (χ2v) is 6.42. The van der Waals surface area contributed by atoms with Crippen LogP contribution in [0.25, 0.3) is 0 Å². The van der Waals surface area contributed by atoms with E-state index in [2.05, 4.69) is 18.7 Å². The van der Waals surface area contributed by atoms with Crippen LogP contribution in [-0.4, -0.2) is 30.1 Å². The lowest BCUT2D eigenvalue weighted by Gasteiger charge is -2.36. The Morgan fingerprint density at radius 3 is 2.59 bits per heavy atom.